The smallest absolute Gasteiger partial charge is 0.251 e. The SMILES string of the molecule is CC1(CO)CCCC1NC(=O)c1cccc(Br)c1. The molecule has 3 nitrogen and oxygen atoms in total. The standard InChI is InChI=1S/C14H18BrNO2/c1-14(9-17)7-3-6-12(14)16-13(18)10-4-2-5-11(15)8-10/h2,4-5,8,12,17H,3,6-7,9H2,1H3,(H,16,18). The Morgan fingerprint density at radius 2 is 2.39 bits per heavy atom. The predicted molar refractivity (Wildman–Crippen MR) is 74.4 cm³/mol. The van der Waals surface area contributed by atoms with Gasteiger partial charge in [-0.25, -0.2) is 0 Å². The lowest BCUT2D eigenvalue weighted by Gasteiger charge is -2.30. The summed E-state index contributed by atoms with van der Waals surface area (Å²) in [6.45, 7) is 2.16. The summed E-state index contributed by atoms with van der Waals surface area (Å²) < 4.78 is 0.895. The maximum atomic E-state index is 12.1. The first kappa shape index (κ1) is 13.6. The predicted octanol–water partition coefficient (Wildman–Crippen LogP) is 2.73. The number of rotatable bonds is 3. The lowest BCUT2D eigenvalue weighted by Crippen LogP contribution is -2.44. The molecule has 2 unspecified atom stereocenters. The Kier molecular flexibility index (Phi) is 4.07. The number of carbonyl (C=O) groups excluding carboxylic acids is 1. The second-order valence-corrected chi connectivity index (χ2v) is 6.16. The number of aliphatic hydroxyl groups excluding tert-OH is 1. The molecule has 98 valence electrons. The third kappa shape index (κ3) is 2.75. The summed E-state index contributed by atoms with van der Waals surface area (Å²) in [4.78, 5) is 12.1. The maximum Gasteiger partial charge on any atom is 0.251 e. The van der Waals surface area contributed by atoms with Crippen LogP contribution in [0.15, 0.2) is 28.7 Å². The van der Waals surface area contributed by atoms with Crippen molar-refractivity contribution in [3.63, 3.8) is 0 Å². The van der Waals surface area contributed by atoms with Crippen molar-refractivity contribution in [2.75, 3.05) is 6.61 Å². The highest BCUT2D eigenvalue weighted by atomic mass is 79.9. The van der Waals surface area contributed by atoms with E-state index in [9.17, 15) is 9.90 Å². The fourth-order valence-electron chi connectivity index (χ4n) is 2.54. The van der Waals surface area contributed by atoms with E-state index in [4.69, 9.17) is 0 Å². The molecule has 1 aromatic carbocycles. The summed E-state index contributed by atoms with van der Waals surface area (Å²) in [5, 5.41) is 12.5. The normalized spacial score (nSPS) is 27.2. The third-order valence-corrected chi connectivity index (χ3v) is 4.33. The average molecular weight is 312 g/mol. The number of aliphatic hydroxyl groups is 1. The van der Waals surface area contributed by atoms with Gasteiger partial charge in [0.05, 0.1) is 6.61 Å². The van der Waals surface area contributed by atoms with E-state index in [0.29, 0.717) is 5.56 Å². The molecule has 0 saturated heterocycles. The van der Waals surface area contributed by atoms with Crippen LogP contribution in [0.2, 0.25) is 0 Å². The van der Waals surface area contributed by atoms with Crippen LogP contribution in [0.5, 0.6) is 0 Å². The summed E-state index contributed by atoms with van der Waals surface area (Å²) in [6.07, 6.45) is 2.96. The molecule has 0 heterocycles. The van der Waals surface area contributed by atoms with Gasteiger partial charge >= 0.3 is 0 Å². The molecule has 4 heteroatoms. The van der Waals surface area contributed by atoms with E-state index in [-0.39, 0.29) is 24.0 Å². The minimum Gasteiger partial charge on any atom is -0.396 e. The van der Waals surface area contributed by atoms with Crippen molar-refractivity contribution in [3.8, 4) is 0 Å². The van der Waals surface area contributed by atoms with E-state index < -0.39 is 0 Å². The van der Waals surface area contributed by atoms with Crippen LogP contribution in [0.25, 0.3) is 0 Å². The number of carbonyl (C=O) groups is 1. The molecule has 0 aliphatic heterocycles. The van der Waals surface area contributed by atoms with Gasteiger partial charge in [-0.15, -0.1) is 0 Å². The number of hydrogen-bond donors (Lipinski definition) is 2. The second kappa shape index (κ2) is 5.41. The monoisotopic (exact) mass is 311 g/mol. The number of amides is 1. The Morgan fingerprint density at radius 1 is 1.61 bits per heavy atom. The molecule has 0 bridgehead atoms. The van der Waals surface area contributed by atoms with Gasteiger partial charge in [-0.2, -0.15) is 0 Å². The van der Waals surface area contributed by atoms with Crippen LogP contribution in [0.1, 0.15) is 36.5 Å². The minimum atomic E-state index is -0.179. The highest BCUT2D eigenvalue weighted by molar-refractivity contribution is 9.10. The van der Waals surface area contributed by atoms with Gasteiger partial charge in [0, 0.05) is 21.5 Å². The van der Waals surface area contributed by atoms with Crippen LogP contribution in [0.4, 0.5) is 0 Å². The van der Waals surface area contributed by atoms with Gasteiger partial charge in [0.2, 0.25) is 0 Å². The van der Waals surface area contributed by atoms with Crippen molar-refractivity contribution in [1.82, 2.24) is 5.32 Å². The molecule has 1 fully saturated rings. The molecule has 1 saturated carbocycles. The number of halogens is 1. The topological polar surface area (TPSA) is 49.3 Å². The molecule has 0 spiro atoms. The van der Waals surface area contributed by atoms with E-state index in [0.717, 1.165) is 23.7 Å². The van der Waals surface area contributed by atoms with Crippen molar-refractivity contribution in [1.29, 1.82) is 0 Å². The Balaban J connectivity index is 2.08. The van der Waals surface area contributed by atoms with E-state index in [1.54, 1.807) is 12.1 Å². The third-order valence-electron chi connectivity index (χ3n) is 3.84. The van der Waals surface area contributed by atoms with Crippen molar-refractivity contribution in [2.24, 2.45) is 5.41 Å². The molecule has 0 aromatic heterocycles. The van der Waals surface area contributed by atoms with Crippen molar-refractivity contribution in [2.45, 2.75) is 32.2 Å². The molecule has 1 aromatic rings. The first-order valence-electron chi connectivity index (χ1n) is 6.22. The molecule has 1 aliphatic rings. The summed E-state index contributed by atoms with van der Waals surface area (Å²) in [5.41, 5.74) is 0.471. The summed E-state index contributed by atoms with van der Waals surface area (Å²) >= 11 is 3.36. The molecule has 18 heavy (non-hydrogen) atoms. The first-order chi connectivity index (χ1) is 8.55. The number of hydrogen-bond acceptors (Lipinski definition) is 2. The molecule has 1 aliphatic carbocycles. The molecule has 2 atom stereocenters. The molecule has 0 radical (unpaired) electrons. The average Bonchev–Trinajstić information content (AvgIpc) is 2.72. The van der Waals surface area contributed by atoms with Crippen LogP contribution >= 0.6 is 15.9 Å². The van der Waals surface area contributed by atoms with Crippen LogP contribution in [-0.2, 0) is 0 Å². The Hall–Kier alpha value is -0.870. The van der Waals surface area contributed by atoms with Crippen molar-refractivity contribution < 1.29 is 9.90 Å². The van der Waals surface area contributed by atoms with E-state index >= 15 is 0 Å². The molecule has 2 rings (SSSR count). The fourth-order valence-corrected chi connectivity index (χ4v) is 2.94. The Morgan fingerprint density at radius 3 is 3.06 bits per heavy atom. The zero-order valence-corrected chi connectivity index (χ0v) is 12.0. The van der Waals surface area contributed by atoms with Gasteiger partial charge in [-0.05, 0) is 31.0 Å². The quantitative estimate of drug-likeness (QED) is 0.901. The van der Waals surface area contributed by atoms with E-state index in [1.165, 1.54) is 0 Å². The Labute approximate surface area is 116 Å². The van der Waals surface area contributed by atoms with E-state index in [1.807, 2.05) is 19.1 Å². The van der Waals surface area contributed by atoms with Gasteiger partial charge in [-0.3, -0.25) is 4.79 Å². The Bertz CT molecular complexity index is 449. The van der Waals surface area contributed by atoms with Gasteiger partial charge in [0.25, 0.3) is 5.91 Å². The lowest BCUT2D eigenvalue weighted by molar-refractivity contribution is 0.0830. The minimum absolute atomic E-state index is 0.0639. The first-order valence-corrected chi connectivity index (χ1v) is 7.02. The highest BCUT2D eigenvalue weighted by Crippen LogP contribution is 2.37. The lowest BCUT2D eigenvalue weighted by atomic mass is 9.85. The zero-order valence-electron chi connectivity index (χ0n) is 10.4. The van der Waals surface area contributed by atoms with Crippen LogP contribution in [0, 0.1) is 5.41 Å². The molecule has 2 N–H and O–H groups in total. The summed E-state index contributed by atoms with van der Waals surface area (Å²) in [6, 6.07) is 7.41. The second-order valence-electron chi connectivity index (χ2n) is 5.24. The number of benzene rings is 1. The summed E-state index contributed by atoms with van der Waals surface area (Å²) in [7, 11) is 0. The zero-order chi connectivity index (χ0) is 13.2. The van der Waals surface area contributed by atoms with Crippen LogP contribution < -0.4 is 5.32 Å². The van der Waals surface area contributed by atoms with Gasteiger partial charge in [-0.1, -0.05) is 35.3 Å². The molecular weight excluding hydrogens is 294 g/mol. The maximum absolute atomic E-state index is 12.1. The van der Waals surface area contributed by atoms with Crippen LogP contribution in [0.3, 0.4) is 0 Å². The van der Waals surface area contributed by atoms with Crippen molar-refractivity contribution in [3.05, 3.63) is 34.3 Å². The highest BCUT2D eigenvalue weighted by Gasteiger charge is 2.39. The molecule has 1 amide bonds. The van der Waals surface area contributed by atoms with Gasteiger partial charge in [0.15, 0.2) is 0 Å². The van der Waals surface area contributed by atoms with Gasteiger partial charge < -0.3 is 10.4 Å². The van der Waals surface area contributed by atoms with E-state index in [2.05, 4.69) is 21.2 Å². The van der Waals surface area contributed by atoms with Crippen LogP contribution in [-0.4, -0.2) is 23.7 Å². The fraction of sp³-hybridized carbons (Fsp3) is 0.500. The van der Waals surface area contributed by atoms with Gasteiger partial charge in [0.1, 0.15) is 0 Å². The van der Waals surface area contributed by atoms with Crippen molar-refractivity contribution >= 4 is 21.8 Å². The largest absolute Gasteiger partial charge is 0.396 e. The number of nitrogens with one attached hydrogen (secondary N) is 1. The molecular formula is C14H18BrNO2. The summed E-state index contributed by atoms with van der Waals surface area (Å²) in [5.74, 6) is -0.0668.